The first kappa shape index (κ1) is 24.0. The third-order valence-electron chi connectivity index (χ3n) is 7.44. The summed E-state index contributed by atoms with van der Waals surface area (Å²) in [7, 11) is 0. The number of rotatable bonds is 9. The first-order valence-corrected chi connectivity index (χ1v) is 14.3. The summed E-state index contributed by atoms with van der Waals surface area (Å²) in [5.41, 5.74) is 5.03. The molecule has 1 aromatic carbocycles. The zero-order valence-corrected chi connectivity index (χ0v) is 22.3. The zero-order valence-electron chi connectivity index (χ0n) is 21.4. The van der Waals surface area contributed by atoms with Gasteiger partial charge in [-0.25, -0.2) is 24.9 Å². The van der Waals surface area contributed by atoms with E-state index in [0.717, 1.165) is 54.6 Å². The third-order valence-corrected chi connectivity index (χ3v) is 8.18. The van der Waals surface area contributed by atoms with E-state index in [9.17, 15) is 4.79 Å². The van der Waals surface area contributed by atoms with Crippen LogP contribution in [-0.4, -0.2) is 35.7 Å². The van der Waals surface area contributed by atoms with Crippen molar-refractivity contribution in [2.75, 3.05) is 11.6 Å². The first-order valence-electron chi connectivity index (χ1n) is 13.1. The molecule has 4 aromatic rings. The van der Waals surface area contributed by atoms with Crippen molar-refractivity contribution in [3.05, 3.63) is 64.1 Å². The number of aromatic nitrogens is 6. The van der Waals surface area contributed by atoms with E-state index in [1.54, 1.807) is 24.3 Å². The summed E-state index contributed by atoms with van der Waals surface area (Å²) >= 11 is 1.71. The lowest BCUT2D eigenvalue weighted by Crippen LogP contribution is -2.29. The minimum absolute atomic E-state index is 0.0303. The SMILES string of the molecule is CCc1ncnc(C2CC2)c1-c1ncc2nc(NCc3ccc(SC)cc3)c(=O)n(C(C)C3CC3)c2n1. The number of hydrogen-bond donors (Lipinski definition) is 1. The van der Waals surface area contributed by atoms with Crippen molar-refractivity contribution < 1.29 is 0 Å². The summed E-state index contributed by atoms with van der Waals surface area (Å²) in [6, 6.07) is 8.36. The van der Waals surface area contributed by atoms with Gasteiger partial charge in [-0.05, 0) is 68.9 Å². The van der Waals surface area contributed by atoms with Crippen LogP contribution in [0.5, 0.6) is 0 Å². The average Bonchev–Trinajstić information content (AvgIpc) is 3.84. The van der Waals surface area contributed by atoms with Crippen LogP contribution in [-0.2, 0) is 13.0 Å². The Labute approximate surface area is 220 Å². The molecule has 0 saturated heterocycles. The fourth-order valence-corrected chi connectivity index (χ4v) is 5.36. The molecule has 1 N–H and O–H groups in total. The molecule has 190 valence electrons. The summed E-state index contributed by atoms with van der Waals surface area (Å²) in [6.07, 6.45) is 10.7. The van der Waals surface area contributed by atoms with Gasteiger partial charge in [0.2, 0.25) is 0 Å². The molecule has 0 radical (unpaired) electrons. The molecule has 0 spiro atoms. The van der Waals surface area contributed by atoms with Crippen LogP contribution in [0.25, 0.3) is 22.6 Å². The Kier molecular flexibility index (Phi) is 6.40. The van der Waals surface area contributed by atoms with Crippen LogP contribution in [0.4, 0.5) is 5.82 Å². The quantitative estimate of drug-likeness (QED) is 0.298. The van der Waals surface area contributed by atoms with E-state index in [0.29, 0.717) is 41.2 Å². The van der Waals surface area contributed by atoms with Gasteiger partial charge in [-0.3, -0.25) is 9.36 Å². The molecule has 9 heteroatoms. The van der Waals surface area contributed by atoms with E-state index in [2.05, 4.69) is 64.6 Å². The molecule has 3 heterocycles. The lowest BCUT2D eigenvalue weighted by Gasteiger charge is -2.19. The standard InChI is InChI=1S/C28H31N7OS/c1-4-21-23(24(19-9-10-19)32-15-31-21)25-30-14-22-27(34-25)35(16(2)18-7-8-18)28(36)26(33-22)29-13-17-5-11-20(37-3)12-6-17/h5-6,11-12,14-16,18-19H,4,7-10,13H2,1-3H3,(H,29,33). The Morgan fingerprint density at radius 3 is 2.54 bits per heavy atom. The van der Waals surface area contributed by atoms with Gasteiger partial charge in [-0.1, -0.05) is 19.1 Å². The van der Waals surface area contributed by atoms with Crippen molar-refractivity contribution in [1.82, 2.24) is 29.5 Å². The largest absolute Gasteiger partial charge is 0.361 e. The number of aryl methyl sites for hydroxylation is 1. The first-order chi connectivity index (χ1) is 18.1. The van der Waals surface area contributed by atoms with E-state index in [-0.39, 0.29) is 11.6 Å². The normalized spacial score (nSPS) is 16.2. The van der Waals surface area contributed by atoms with Crippen molar-refractivity contribution in [2.45, 2.75) is 69.4 Å². The van der Waals surface area contributed by atoms with Gasteiger partial charge >= 0.3 is 0 Å². The predicted molar refractivity (Wildman–Crippen MR) is 147 cm³/mol. The highest BCUT2D eigenvalue weighted by molar-refractivity contribution is 7.98. The van der Waals surface area contributed by atoms with E-state index in [1.165, 1.54) is 4.90 Å². The smallest absolute Gasteiger partial charge is 0.295 e. The molecule has 37 heavy (non-hydrogen) atoms. The van der Waals surface area contributed by atoms with Gasteiger partial charge < -0.3 is 5.32 Å². The van der Waals surface area contributed by atoms with E-state index < -0.39 is 0 Å². The fraction of sp³-hybridized carbons (Fsp3) is 0.429. The highest BCUT2D eigenvalue weighted by atomic mass is 32.2. The molecule has 2 fully saturated rings. The van der Waals surface area contributed by atoms with Crippen molar-refractivity contribution in [3.63, 3.8) is 0 Å². The summed E-state index contributed by atoms with van der Waals surface area (Å²) in [4.78, 5) is 38.5. The Bertz CT molecular complexity index is 1510. The number of nitrogens with one attached hydrogen (secondary N) is 1. The van der Waals surface area contributed by atoms with E-state index in [4.69, 9.17) is 9.97 Å². The minimum atomic E-state index is -0.139. The highest BCUT2D eigenvalue weighted by Crippen LogP contribution is 2.44. The monoisotopic (exact) mass is 513 g/mol. The topological polar surface area (TPSA) is 98.5 Å². The zero-order chi connectivity index (χ0) is 25.5. The Morgan fingerprint density at radius 2 is 1.86 bits per heavy atom. The molecular weight excluding hydrogens is 482 g/mol. The number of thioether (sulfide) groups is 1. The number of fused-ring (bicyclic) bond motifs is 1. The van der Waals surface area contributed by atoms with Crippen LogP contribution in [0.3, 0.4) is 0 Å². The molecule has 6 rings (SSSR count). The maximum absolute atomic E-state index is 13.8. The van der Waals surface area contributed by atoms with Gasteiger partial charge in [0.05, 0.1) is 23.1 Å². The second-order valence-corrected chi connectivity index (χ2v) is 10.9. The number of nitrogens with zero attached hydrogens (tertiary/aromatic N) is 6. The molecule has 2 aliphatic rings. The van der Waals surface area contributed by atoms with Gasteiger partial charge in [0.15, 0.2) is 17.3 Å². The van der Waals surface area contributed by atoms with Crippen LogP contribution >= 0.6 is 11.8 Å². The van der Waals surface area contributed by atoms with Crippen molar-refractivity contribution >= 4 is 28.7 Å². The Balaban J connectivity index is 1.44. The number of benzene rings is 1. The molecule has 8 nitrogen and oxygen atoms in total. The molecule has 2 saturated carbocycles. The van der Waals surface area contributed by atoms with Crippen molar-refractivity contribution in [1.29, 1.82) is 0 Å². The lowest BCUT2D eigenvalue weighted by molar-refractivity contribution is 0.482. The molecule has 3 aromatic heterocycles. The van der Waals surface area contributed by atoms with Crippen LogP contribution in [0.1, 0.15) is 68.4 Å². The molecule has 0 bridgehead atoms. The van der Waals surface area contributed by atoms with E-state index >= 15 is 0 Å². The van der Waals surface area contributed by atoms with Crippen molar-refractivity contribution in [3.8, 4) is 11.4 Å². The minimum Gasteiger partial charge on any atom is -0.361 e. The predicted octanol–water partition coefficient (Wildman–Crippen LogP) is 5.39. The highest BCUT2D eigenvalue weighted by Gasteiger charge is 2.33. The fourth-order valence-electron chi connectivity index (χ4n) is 4.95. The Hall–Kier alpha value is -3.33. The molecule has 1 unspecified atom stereocenters. The maximum atomic E-state index is 13.8. The van der Waals surface area contributed by atoms with Gasteiger partial charge in [-0.15, -0.1) is 11.8 Å². The third kappa shape index (κ3) is 4.72. The van der Waals surface area contributed by atoms with Crippen LogP contribution in [0, 0.1) is 5.92 Å². The molecule has 1 atom stereocenters. The molecule has 0 amide bonds. The van der Waals surface area contributed by atoms with Crippen molar-refractivity contribution in [2.24, 2.45) is 5.92 Å². The second-order valence-electron chi connectivity index (χ2n) is 10.0. The van der Waals surface area contributed by atoms with Crippen LogP contribution in [0.2, 0.25) is 0 Å². The average molecular weight is 514 g/mol. The second kappa shape index (κ2) is 9.85. The number of hydrogen-bond acceptors (Lipinski definition) is 8. The summed E-state index contributed by atoms with van der Waals surface area (Å²) < 4.78 is 1.83. The van der Waals surface area contributed by atoms with Gasteiger partial charge in [0.1, 0.15) is 11.8 Å². The molecule has 0 aliphatic heterocycles. The lowest BCUT2D eigenvalue weighted by atomic mass is 10.1. The van der Waals surface area contributed by atoms with Crippen LogP contribution in [0.15, 0.2) is 46.5 Å². The van der Waals surface area contributed by atoms with Gasteiger partial charge in [-0.2, -0.15) is 0 Å². The van der Waals surface area contributed by atoms with Gasteiger partial charge in [0, 0.05) is 23.4 Å². The summed E-state index contributed by atoms with van der Waals surface area (Å²) in [5, 5.41) is 3.28. The number of anilines is 1. The maximum Gasteiger partial charge on any atom is 0.295 e. The van der Waals surface area contributed by atoms with E-state index in [1.807, 2.05) is 4.57 Å². The Morgan fingerprint density at radius 1 is 1.08 bits per heavy atom. The summed E-state index contributed by atoms with van der Waals surface area (Å²) in [5.74, 6) is 1.83. The van der Waals surface area contributed by atoms with Gasteiger partial charge in [0.25, 0.3) is 5.56 Å². The summed E-state index contributed by atoms with van der Waals surface area (Å²) in [6.45, 7) is 4.72. The molecule has 2 aliphatic carbocycles. The van der Waals surface area contributed by atoms with Crippen LogP contribution < -0.4 is 10.9 Å². The molecular formula is C28H31N7OS.